The normalized spacial score (nSPS) is 20.4. The SMILES string of the molecule is CC(C)(C)n1cc(NC(=O)C2CC2c2ccccc2C(F)(F)F)cn1. The molecule has 2 unspecified atom stereocenters. The lowest BCUT2D eigenvalue weighted by Crippen LogP contribution is -2.22. The van der Waals surface area contributed by atoms with Crippen LogP contribution in [0.3, 0.4) is 0 Å². The van der Waals surface area contributed by atoms with Gasteiger partial charge in [0, 0.05) is 12.1 Å². The number of carbonyl (C=O) groups is 1. The standard InChI is InChI=1S/C18H20F3N3O/c1-17(2,3)24-10-11(9-22-24)23-16(25)14-8-13(14)12-6-4-5-7-15(12)18(19,20)21/h4-7,9-10,13-14H,8H2,1-3H3,(H,23,25). The van der Waals surface area contributed by atoms with Crippen molar-refractivity contribution in [3.63, 3.8) is 0 Å². The number of hydrogen-bond acceptors (Lipinski definition) is 2. The van der Waals surface area contributed by atoms with E-state index in [4.69, 9.17) is 0 Å². The van der Waals surface area contributed by atoms with Gasteiger partial charge < -0.3 is 5.32 Å². The minimum Gasteiger partial charge on any atom is -0.323 e. The third-order valence-electron chi connectivity index (χ3n) is 4.33. The van der Waals surface area contributed by atoms with E-state index in [1.807, 2.05) is 20.8 Å². The van der Waals surface area contributed by atoms with E-state index >= 15 is 0 Å². The summed E-state index contributed by atoms with van der Waals surface area (Å²) in [5.41, 5.74) is -0.123. The topological polar surface area (TPSA) is 46.9 Å². The molecule has 7 heteroatoms. The molecule has 4 nitrogen and oxygen atoms in total. The van der Waals surface area contributed by atoms with Gasteiger partial charge in [-0.3, -0.25) is 9.48 Å². The highest BCUT2D eigenvalue weighted by Crippen LogP contribution is 2.51. The van der Waals surface area contributed by atoms with Crippen molar-refractivity contribution in [1.82, 2.24) is 9.78 Å². The lowest BCUT2D eigenvalue weighted by atomic mass is 10.0. The molecule has 25 heavy (non-hydrogen) atoms. The van der Waals surface area contributed by atoms with Crippen LogP contribution < -0.4 is 5.32 Å². The molecule has 3 rings (SSSR count). The summed E-state index contributed by atoms with van der Waals surface area (Å²) in [6.45, 7) is 5.95. The predicted molar refractivity (Wildman–Crippen MR) is 88.1 cm³/mol. The summed E-state index contributed by atoms with van der Waals surface area (Å²) in [5, 5.41) is 6.95. The molecule has 1 saturated carbocycles. The van der Waals surface area contributed by atoms with E-state index < -0.39 is 23.6 Å². The molecule has 2 atom stereocenters. The summed E-state index contributed by atoms with van der Waals surface area (Å²) < 4.78 is 41.1. The first-order valence-corrected chi connectivity index (χ1v) is 8.09. The Morgan fingerprint density at radius 1 is 1.24 bits per heavy atom. The van der Waals surface area contributed by atoms with Crippen LogP contribution in [0.4, 0.5) is 18.9 Å². The maximum Gasteiger partial charge on any atom is 0.416 e. The minimum absolute atomic E-state index is 0.195. The minimum atomic E-state index is -4.41. The van der Waals surface area contributed by atoms with Gasteiger partial charge in [-0.25, -0.2) is 0 Å². The molecule has 1 aliphatic carbocycles. The lowest BCUT2D eigenvalue weighted by molar-refractivity contribution is -0.138. The zero-order chi connectivity index (χ0) is 18.4. The van der Waals surface area contributed by atoms with Gasteiger partial charge in [-0.05, 0) is 44.7 Å². The predicted octanol–water partition coefficient (Wildman–Crippen LogP) is 4.40. The number of rotatable bonds is 3. The summed E-state index contributed by atoms with van der Waals surface area (Å²) in [6, 6.07) is 5.46. The first kappa shape index (κ1) is 17.5. The number of alkyl halides is 3. The van der Waals surface area contributed by atoms with Gasteiger partial charge in [-0.1, -0.05) is 18.2 Å². The highest BCUT2D eigenvalue weighted by Gasteiger charge is 2.47. The quantitative estimate of drug-likeness (QED) is 0.891. The maximum absolute atomic E-state index is 13.1. The first-order chi connectivity index (χ1) is 11.6. The van der Waals surface area contributed by atoms with Crippen molar-refractivity contribution >= 4 is 11.6 Å². The average molecular weight is 351 g/mol. The van der Waals surface area contributed by atoms with Crippen LogP contribution in [-0.2, 0) is 16.5 Å². The number of anilines is 1. The van der Waals surface area contributed by atoms with Crippen molar-refractivity contribution < 1.29 is 18.0 Å². The highest BCUT2D eigenvalue weighted by molar-refractivity contribution is 5.95. The number of nitrogens with zero attached hydrogens (tertiary/aromatic N) is 2. The van der Waals surface area contributed by atoms with E-state index in [9.17, 15) is 18.0 Å². The van der Waals surface area contributed by atoms with Gasteiger partial charge in [-0.2, -0.15) is 18.3 Å². The van der Waals surface area contributed by atoms with Crippen molar-refractivity contribution in [3.05, 3.63) is 47.8 Å². The summed E-state index contributed by atoms with van der Waals surface area (Å²) in [7, 11) is 0. The number of halogens is 3. The summed E-state index contributed by atoms with van der Waals surface area (Å²) >= 11 is 0. The smallest absolute Gasteiger partial charge is 0.323 e. The van der Waals surface area contributed by atoms with Crippen LogP contribution in [-0.4, -0.2) is 15.7 Å². The molecule has 1 N–H and O–H groups in total. The van der Waals surface area contributed by atoms with Gasteiger partial charge in [0.25, 0.3) is 0 Å². The summed E-state index contributed by atoms with van der Waals surface area (Å²) in [6.07, 6.45) is -0.719. The van der Waals surface area contributed by atoms with Crippen molar-refractivity contribution in [1.29, 1.82) is 0 Å². The highest BCUT2D eigenvalue weighted by atomic mass is 19.4. The molecule has 0 spiro atoms. The van der Waals surface area contributed by atoms with Crippen LogP contribution in [0, 0.1) is 5.92 Å². The van der Waals surface area contributed by atoms with Gasteiger partial charge in [0.2, 0.25) is 5.91 Å². The van der Waals surface area contributed by atoms with E-state index in [0.717, 1.165) is 6.07 Å². The second kappa shape index (κ2) is 5.89. The van der Waals surface area contributed by atoms with Crippen LogP contribution in [0.1, 0.15) is 44.2 Å². The third-order valence-corrected chi connectivity index (χ3v) is 4.33. The van der Waals surface area contributed by atoms with Crippen molar-refractivity contribution in [2.24, 2.45) is 5.92 Å². The van der Waals surface area contributed by atoms with Crippen molar-refractivity contribution in [2.75, 3.05) is 5.32 Å². The summed E-state index contributed by atoms with van der Waals surface area (Å²) in [4.78, 5) is 12.3. The van der Waals surface area contributed by atoms with Crippen LogP contribution in [0.25, 0.3) is 0 Å². The average Bonchev–Trinajstić information content (AvgIpc) is 3.17. The lowest BCUT2D eigenvalue weighted by Gasteiger charge is -2.18. The van der Waals surface area contributed by atoms with Crippen LogP contribution >= 0.6 is 0 Å². The van der Waals surface area contributed by atoms with Gasteiger partial charge in [0.05, 0.1) is 23.0 Å². The maximum atomic E-state index is 13.1. The fourth-order valence-corrected chi connectivity index (χ4v) is 2.90. The first-order valence-electron chi connectivity index (χ1n) is 8.09. The molecule has 2 aromatic rings. The number of hydrogen-bond donors (Lipinski definition) is 1. The van der Waals surface area contributed by atoms with E-state index in [0.29, 0.717) is 12.1 Å². The number of nitrogens with one attached hydrogen (secondary N) is 1. The van der Waals surface area contributed by atoms with E-state index in [1.165, 1.54) is 12.1 Å². The molecule has 134 valence electrons. The number of aromatic nitrogens is 2. The van der Waals surface area contributed by atoms with Crippen LogP contribution in [0.15, 0.2) is 36.7 Å². The molecule has 1 fully saturated rings. The summed E-state index contributed by atoms with van der Waals surface area (Å²) in [5.74, 6) is -1.10. The van der Waals surface area contributed by atoms with Crippen molar-refractivity contribution in [3.8, 4) is 0 Å². The molecule has 1 heterocycles. The van der Waals surface area contributed by atoms with Crippen LogP contribution in [0.2, 0.25) is 0 Å². The number of carbonyl (C=O) groups excluding carboxylic acids is 1. The van der Waals surface area contributed by atoms with Gasteiger partial charge in [-0.15, -0.1) is 0 Å². The fraction of sp³-hybridized carbons (Fsp3) is 0.444. The molecule has 0 radical (unpaired) electrons. The number of amides is 1. The largest absolute Gasteiger partial charge is 0.416 e. The second-order valence-corrected chi connectivity index (χ2v) is 7.37. The fourth-order valence-electron chi connectivity index (χ4n) is 2.90. The Hall–Kier alpha value is -2.31. The van der Waals surface area contributed by atoms with E-state index in [2.05, 4.69) is 10.4 Å². The molecule has 1 aromatic heterocycles. The Morgan fingerprint density at radius 2 is 1.92 bits per heavy atom. The van der Waals surface area contributed by atoms with Gasteiger partial charge >= 0.3 is 6.18 Å². The Bertz CT molecular complexity index is 789. The Morgan fingerprint density at radius 3 is 2.52 bits per heavy atom. The molecule has 0 bridgehead atoms. The van der Waals surface area contributed by atoms with Crippen molar-refractivity contribution in [2.45, 2.75) is 44.8 Å². The van der Waals surface area contributed by atoms with E-state index in [1.54, 1.807) is 23.1 Å². The molecule has 1 aliphatic rings. The molecular weight excluding hydrogens is 331 g/mol. The van der Waals surface area contributed by atoms with Gasteiger partial charge in [0.1, 0.15) is 0 Å². The Labute approximate surface area is 144 Å². The molecular formula is C18H20F3N3O. The second-order valence-electron chi connectivity index (χ2n) is 7.37. The molecule has 0 aliphatic heterocycles. The molecule has 1 aromatic carbocycles. The monoisotopic (exact) mass is 351 g/mol. The van der Waals surface area contributed by atoms with Crippen LogP contribution in [0.5, 0.6) is 0 Å². The van der Waals surface area contributed by atoms with Gasteiger partial charge in [0.15, 0.2) is 0 Å². The third kappa shape index (κ3) is 3.70. The Balaban J connectivity index is 1.70. The molecule has 1 amide bonds. The number of benzene rings is 1. The Kier molecular flexibility index (Phi) is 4.13. The molecule has 0 saturated heterocycles. The van der Waals surface area contributed by atoms with E-state index in [-0.39, 0.29) is 17.0 Å². The zero-order valence-corrected chi connectivity index (χ0v) is 14.3. The zero-order valence-electron chi connectivity index (χ0n) is 14.3.